The summed E-state index contributed by atoms with van der Waals surface area (Å²) in [6.07, 6.45) is -4.24. The molecular weight excluding hydrogens is 235 g/mol. The summed E-state index contributed by atoms with van der Waals surface area (Å²) in [5, 5.41) is 3.29. The smallest absolute Gasteiger partial charge is 0.308 e. The highest BCUT2D eigenvalue weighted by Crippen LogP contribution is 2.30. The predicted molar refractivity (Wildman–Crippen MR) is 59.5 cm³/mol. The summed E-state index contributed by atoms with van der Waals surface area (Å²) in [6, 6.07) is 5.60. The normalized spacial score (nSPS) is 22.1. The Kier molecular flexibility index (Phi) is 3.44. The van der Waals surface area contributed by atoms with Crippen molar-refractivity contribution in [3.63, 3.8) is 0 Å². The molecule has 0 radical (unpaired) electrons. The maximum absolute atomic E-state index is 12.3. The lowest BCUT2D eigenvalue weighted by atomic mass is 10.1. The Bertz CT molecular complexity index is 341. The molecule has 1 unspecified atom stereocenters. The van der Waals surface area contributed by atoms with E-state index < -0.39 is 11.7 Å². The zero-order valence-electron chi connectivity index (χ0n) is 8.55. The molecule has 2 rings (SSSR count). The van der Waals surface area contributed by atoms with Crippen molar-refractivity contribution in [2.75, 3.05) is 18.1 Å². The van der Waals surface area contributed by atoms with Crippen LogP contribution in [0.4, 0.5) is 13.2 Å². The highest BCUT2D eigenvalue weighted by Gasteiger charge is 2.30. The first-order chi connectivity index (χ1) is 7.57. The zero-order chi connectivity index (χ0) is 11.6. The van der Waals surface area contributed by atoms with Crippen molar-refractivity contribution in [2.45, 2.75) is 12.2 Å². The van der Waals surface area contributed by atoms with Crippen LogP contribution in [0.15, 0.2) is 24.3 Å². The number of hydrogen-bond acceptors (Lipinski definition) is 2. The number of rotatable bonds is 1. The summed E-state index contributed by atoms with van der Waals surface area (Å²) in [6.45, 7) is 0.913. The number of halogens is 3. The van der Waals surface area contributed by atoms with Crippen molar-refractivity contribution in [1.82, 2.24) is 5.32 Å². The molecule has 1 heterocycles. The van der Waals surface area contributed by atoms with Crippen LogP contribution >= 0.6 is 11.8 Å². The molecule has 1 aromatic rings. The van der Waals surface area contributed by atoms with Crippen molar-refractivity contribution >= 4 is 11.8 Å². The monoisotopic (exact) mass is 247 g/mol. The third-order valence-corrected chi connectivity index (χ3v) is 3.62. The average Bonchev–Trinajstić information content (AvgIpc) is 2.29. The molecule has 0 aromatic heterocycles. The van der Waals surface area contributed by atoms with Crippen LogP contribution in [-0.4, -0.2) is 18.1 Å². The average molecular weight is 247 g/mol. The number of hydrogen-bond donors (Lipinski definition) is 1. The highest BCUT2D eigenvalue weighted by atomic mass is 32.2. The Labute approximate surface area is 96.4 Å². The summed E-state index contributed by atoms with van der Waals surface area (Å²) in [5.41, 5.74) is 0.347. The maximum Gasteiger partial charge on any atom is 0.416 e. The number of nitrogens with one attached hydrogen (secondary N) is 1. The van der Waals surface area contributed by atoms with Crippen LogP contribution in [0.3, 0.4) is 0 Å². The van der Waals surface area contributed by atoms with Gasteiger partial charge in [0.15, 0.2) is 0 Å². The van der Waals surface area contributed by atoms with Crippen LogP contribution in [0.5, 0.6) is 0 Å². The molecule has 0 aliphatic carbocycles. The van der Waals surface area contributed by atoms with Gasteiger partial charge in [0.1, 0.15) is 0 Å². The lowest BCUT2D eigenvalue weighted by molar-refractivity contribution is -0.137. The lowest BCUT2D eigenvalue weighted by Crippen LogP contribution is -2.30. The van der Waals surface area contributed by atoms with Gasteiger partial charge in [0.05, 0.1) is 5.56 Å². The standard InChI is InChI=1S/C11H12F3NS/c12-11(13,14)9-3-1-8(2-4-9)10-7-16-6-5-15-10/h1-4,10,15H,5-7H2. The van der Waals surface area contributed by atoms with E-state index in [1.54, 1.807) is 12.1 Å². The largest absolute Gasteiger partial charge is 0.416 e. The summed E-state index contributed by atoms with van der Waals surface area (Å²) in [7, 11) is 0. The second kappa shape index (κ2) is 4.67. The van der Waals surface area contributed by atoms with Crippen molar-refractivity contribution in [2.24, 2.45) is 0 Å². The van der Waals surface area contributed by atoms with Crippen LogP contribution in [0.1, 0.15) is 17.2 Å². The van der Waals surface area contributed by atoms with E-state index in [1.165, 1.54) is 0 Å². The SMILES string of the molecule is FC(F)(F)c1ccc(C2CSCCN2)cc1. The fourth-order valence-corrected chi connectivity index (χ4v) is 2.66. The molecule has 1 aliphatic heterocycles. The van der Waals surface area contributed by atoms with E-state index in [0.717, 1.165) is 35.7 Å². The van der Waals surface area contributed by atoms with E-state index >= 15 is 0 Å². The summed E-state index contributed by atoms with van der Waals surface area (Å²) in [4.78, 5) is 0. The molecule has 0 bridgehead atoms. The van der Waals surface area contributed by atoms with Crippen LogP contribution in [0.2, 0.25) is 0 Å². The maximum atomic E-state index is 12.3. The molecule has 5 heteroatoms. The van der Waals surface area contributed by atoms with E-state index in [9.17, 15) is 13.2 Å². The fraction of sp³-hybridized carbons (Fsp3) is 0.455. The fourth-order valence-electron chi connectivity index (χ4n) is 1.68. The Morgan fingerprint density at radius 1 is 1.19 bits per heavy atom. The van der Waals surface area contributed by atoms with Crippen LogP contribution in [0, 0.1) is 0 Å². The van der Waals surface area contributed by atoms with Gasteiger partial charge in [0, 0.05) is 24.1 Å². The van der Waals surface area contributed by atoms with E-state index in [0.29, 0.717) is 0 Å². The quantitative estimate of drug-likeness (QED) is 0.818. The van der Waals surface area contributed by atoms with Crippen LogP contribution in [0.25, 0.3) is 0 Å². The van der Waals surface area contributed by atoms with Crippen molar-refractivity contribution < 1.29 is 13.2 Å². The Hall–Kier alpha value is -0.680. The van der Waals surface area contributed by atoms with E-state index in [2.05, 4.69) is 5.32 Å². The van der Waals surface area contributed by atoms with Gasteiger partial charge in [-0.25, -0.2) is 0 Å². The van der Waals surface area contributed by atoms with Crippen LogP contribution in [-0.2, 0) is 6.18 Å². The third kappa shape index (κ3) is 2.71. The molecule has 1 saturated heterocycles. The minimum atomic E-state index is -4.24. The Morgan fingerprint density at radius 3 is 2.38 bits per heavy atom. The summed E-state index contributed by atoms with van der Waals surface area (Å²) >= 11 is 1.82. The first-order valence-corrected chi connectivity index (χ1v) is 6.21. The van der Waals surface area contributed by atoms with Gasteiger partial charge in [0.25, 0.3) is 0 Å². The molecule has 1 aliphatic rings. The molecule has 1 aromatic carbocycles. The van der Waals surface area contributed by atoms with Crippen molar-refractivity contribution in [3.8, 4) is 0 Å². The van der Waals surface area contributed by atoms with Crippen molar-refractivity contribution in [1.29, 1.82) is 0 Å². The molecule has 1 atom stereocenters. The van der Waals surface area contributed by atoms with Crippen LogP contribution < -0.4 is 5.32 Å². The molecule has 0 spiro atoms. The summed E-state index contributed by atoms with van der Waals surface area (Å²) in [5.74, 6) is 1.99. The molecule has 0 saturated carbocycles. The van der Waals surface area contributed by atoms with Gasteiger partial charge in [-0.3, -0.25) is 0 Å². The molecule has 0 amide bonds. The Balaban J connectivity index is 2.12. The third-order valence-electron chi connectivity index (χ3n) is 2.56. The number of alkyl halides is 3. The zero-order valence-corrected chi connectivity index (χ0v) is 9.37. The number of benzene rings is 1. The molecule has 1 fully saturated rings. The molecule has 88 valence electrons. The number of thioether (sulfide) groups is 1. The van der Waals surface area contributed by atoms with E-state index in [4.69, 9.17) is 0 Å². The van der Waals surface area contributed by atoms with Gasteiger partial charge in [-0.1, -0.05) is 12.1 Å². The highest BCUT2D eigenvalue weighted by molar-refractivity contribution is 7.99. The molecule has 1 N–H and O–H groups in total. The van der Waals surface area contributed by atoms with Gasteiger partial charge < -0.3 is 5.32 Å². The van der Waals surface area contributed by atoms with Gasteiger partial charge >= 0.3 is 6.18 Å². The Morgan fingerprint density at radius 2 is 1.88 bits per heavy atom. The van der Waals surface area contributed by atoms with E-state index in [1.807, 2.05) is 11.8 Å². The predicted octanol–water partition coefficient (Wildman–Crippen LogP) is 3.08. The van der Waals surface area contributed by atoms with Gasteiger partial charge in [0.2, 0.25) is 0 Å². The minimum Gasteiger partial charge on any atom is -0.308 e. The van der Waals surface area contributed by atoms with E-state index in [-0.39, 0.29) is 6.04 Å². The van der Waals surface area contributed by atoms with Crippen molar-refractivity contribution in [3.05, 3.63) is 35.4 Å². The van der Waals surface area contributed by atoms with Gasteiger partial charge in [-0.2, -0.15) is 24.9 Å². The first-order valence-electron chi connectivity index (χ1n) is 5.05. The second-order valence-corrected chi connectivity index (χ2v) is 4.85. The summed E-state index contributed by atoms with van der Waals surface area (Å²) < 4.78 is 37.0. The van der Waals surface area contributed by atoms with Gasteiger partial charge in [-0.05, 0) is 17.7 Å². The molecule has 1 nitrogen and oxygen atoms in total. The van der Waals surface area contributed by atoms with Gasteiger partial charge in [-0.15, -0.1) is 0 Å². The second-order valence-electron chi connectivity index (χ2n) is 3.70. The molecule has 16 heavy (non-hydrogen) atoms. The lowest BCUT2D eigenvalue weighted by Gasteiger charge is -2.23. The first kappa shape index (κ1) is 11.8. The topological polar surface area (TPSA) is 12.0 Å². The molecular formula is C11H12F3NS. The minimum absolute atomic E-state index is 0.182.